The highest BCUT2D eigenvalue weighted by Gasteiger charge is 2.15. The lowest BCUT2D eigenvalue weighted by molar-refractivity contribution is 0.102. The molecule has 1 aromatic heterocycles. The van der Waals surface area contributed by atoms with Gasteiger partial charge in [0, 0.05) is 4.90 Å². The number of ketones is 1. The largest absolute Gasteiger partial charge is 0.292 e. The zero-order valence-electron chi connectivity index (χ0n) is 9.36. The third-order valence-electron chi connectivity index (χ3n) is 2.26. The van der Waals surface area contributed by atoms with Gasteiger partial charge in [0.15, 0.2) is 17.4 Å². The van der Waals surface area contributed by atoms with Crippen LogP contribution in [0.5, 0.6) is 0 Å². The van der Waals surface area contributed by atoms with Gasteiger partial charge < -0.3 is 0 Å². The molecule has 0 bridgehead atoms. The summed E-state index contributed by atoms with van der Waals surface area (Å²) in [6, 6.07) is 6.31. The number of rotatable bonds is 4. The summed E-state index contributed by atoms with van der Waals surface area (Å²) < 4.78 is 38.4. The lowest BCUT2D eigenvalue weighted by Crippen LogP contribution is -2.10. The van der Waals surface area contributed by atoms with Gasteiger partial charge in [-0.05, 0) is 46.3 Å². The van der Waals surface area contributed by atoms with Crippen LogP contribution < -0.4 is 0 Å². The first-order valence-electron chi connectivity index (χ1n) is 5.09. The number of carbonyl (C=O) groups excluding carboxylic acids is 1. The zero-order chi connectivity index (χ0) is 14.0. The van der Waals surface area contributed by atoms with Crippen molar-refractivity contribution in [1.29, 1.82) is 0 Å². The second-order valence-corrected chi connectivity index (χ2v) is 7.51. The molecule has 7 heteroatoms. The van der Waals surface area contributed by atoms with E-state index in [9.17, 15) is 17.8 Å². The van der Waals surface area contributed by atoms with Crippen LogP contribution in [0.2, 0.25) is 0 Å². The highest BCUT2D eigenvalue weighted by atomic mass is 79.9. The Morgan fingerprint density at radius 2 is 1.95 bits per heavy atom. The first-order chi connectivity index (χ1) is 8.97. The Hall–Kier alpha value is -0.920. The van der Waals surface area contributed by atoms with Crippen molar-refractivity contribution in [1.82, 2.24) is 0 Å². The van der Waals surface area contributed by atoms with Gasteiger partial charge in [-0.25, -0.2) is 8.78 Å². The second-order valence-electron chi connectivity index (χ2n) is 3.59. The molecule has 19 heavy (non-hydrogen) atoms. The normalized spacial score (nSPS) is 12.4. The summed E-state index contributed by atoms with van der Waals surface area (Å²) in [6.45, 7) is 0. The second kappa shape index (κ2) is 6.02. The average Bonchev–Trinajstić information content (AvgIpc) is 2.79. The van der Waals surface area contributed by atoms with Crippen LogP contribution >= 0.6 is 27.3 Å². The van der Waals surface area contributed by atoms with Crippen molar-refractivity contribution in [2.75, 3.05) is 5.75 Å². The minimum atomic E-state index is -1.69. The maximum atomic E-state index is 13.0. The van der Waals surface area contributed by atoms with Gasteiger partial charge in [-0.2, -0.15) is 0 Å². The summed E-state index contributed by atoms with van der Waals surface area (Å²) in [4.78, 5) is 12.4. The molecule has 0 N–H and O–H groups in total. The number of halogens is 3. The van der Waals surface area contributed by atoms with Crippen molar-refractivity contribution >= 4 is 43.8 Å². The molecule has 0 fully saturated rings. The Morgan fingerprint density at radius 3 is 2.53 bits per heavy atom. The molecule has 0 aliphatic heterocycles. The number of hydrogen-bond acceptors (Lipinski definition) is 3. The van der Waals surface area contributed by atoms with Crippen LogP contribution in [0.15, 0.2) is 39.0 Å². The number of carbonyl (C=O) groups is 1. The monoisotopic (exact) mass is 364 g/mol. The van der Waals surface area contributed by atoms with Gasteiger partial charge in [-0.3, -0.25) is 9.00 Å². The van der Waals surface area contributed by atoms with Gasteiger partial charge in [0.1, 0.15) is 0 Å². The van der Waals surface area contributed by atoms with Gasteiger partial charge in [-0.1, -0.05) is 0 Å². The molecule has 0 aliphatic carbocycles. The molecular weight excluding hydrogens is 358 g/mol. The first kappa shape index (κ1) is 14.5. The molecule has 1 aromatic carbocycles. The van der Waals surface area contributed by atoms with Crippen LogP contribution in [0.1, 0.15) is 9.67 Å². The molecule has 0 radical (unpaired) electrons. The molecule has 1 unspecified atom stereocenters. The number of thiophene rings is 1. The average molecular weight is 365 g/mol. The van der Waals surface area contributed by atoms with Gasteiger partial charge in [-0.15, -0.1) is 11.3 Å². The van der Waals surface area contributed by atoms with E-state index in [0.29, 0.717) is 4.88 Å². The summed E-state index contributed by atoms with van der Waals surface area (Å²) >= 11 is 4.47. The first-order valence-corrected chi connectivity index (χ1v) is 8.02. The molecule has 2 aromatic rings. The van der Waals surface area contributed by atoms with E-state index in [1.54, 1.807) is 12.1 Å². The predicted molar refractivity (Wildman–Crippen MR) is 74.0 cm³/mol. The van der Waals surface area contributed by atoms with E-state index in [4.69, 9.17) is 0 Å². The van der Waals surface area contributed by atoms with Crippen LogP contribution in [0.3, 0.4) is 0 Å². The fraction of sp³-hybridized carbons (Fsp3) is 0.0833. The quantitative estimate of drug-likeness (QED) is 0.773. The standard InChI is InChI=1S/C12H7BrF2O2S2/c13-12-4-3-11(18-12)10(16)6-19(17)7-1-2-8(14)9(15)5-7/h1-5H,6H2. The van der Waals surface area contributed by atoms with E-state index < -0.39 is 22.4 Å². The SMILES string of the molecule is O=C(CS(=O)c1ccc(F)c(F)c1)c1ccc(Br)s1. The Bertz CT molecular complexity index is 655. The van der Waals surface area contributed by atoms with Crippen LogP contribution in [0.25, 0.3) is 0 Å². The van der Waals surface area contributed by atoms with E-state index in [1.807, 2.05) is 0 Å². The zero-order valence-corrected chi connectivity index (χ0v) is 12.6. The van der Waals surface area contributed by atoms with Crippen LogP contribution in [-0.2, 0) is 10.8 Å². The Labute approximate surface area is 123 Å². The van der Waals surface area contributed by atoms with Gasteiger partial charge in [0.25, 0.3) is 0 Å². The van der Waals surface area contributed by atoms with E-state index in [0.717, 1.165) is 15.9 Å². The van der Waals surface area contributed by atoms with E-state index in [2.05, 4.69) is 15.9 Å². The molecule has 0 amide bonds. The third kappa shape index (κ3) is 3.55. The van der Waals surface area contributed by atoms with Gasteiger partial charge in [0.05, 0.1) is 25.2 Å². The summed E-state index contributed by atoms with van der Waals surface area (Å²) in [5.74, 6) is -2.62. The van der Waals surface area contributed by atoms with Crippen molar-refractivity contribution in [3.63, 3.8) is 0 Å². The minimum absolute atomic E-state index is 0.0999. The number of Topliss-reactive ketones (excluding diaryl/α,β-unsaturated/α-hetero) is 1. The van der Waals surface area contributed by atoms with Crippen molar-refractivity contribution in [2.45, 2.75) is 4.90 Å². The van der Waals surface area contributed by atoms with Crippen LogP contribution in [0, 0.1) is 11.6 Å². The molecular formula is C12H7BrF2O2S2. The maximum absolute atomic E-state index is 13.0. The molecule has 1 heterocycles. The van der Waals surface area contributed by atoms with Gasteiger partial charge >= 0.3 is 0 Å². The molecule has 2 rings (SSSR count). The van der Waals surface area contributed by atoms with E-state index >= 15 is 0 Å². The molecule has 0 saturated carbocycles. The predicted octanol–water partition coefficient (Wildman–Crippen LogP) is 3.78. The topological polar surface area (TPSA) is 34.1 Å². The minimum Gasteiger partial charge on any atom is -0.292 e. The summed E-state index contributed by atoms with van der Waals surface area (Å²) in [5, 5.41) is 0. The molecule has 100 valence electrons. The van der Waals surface area contributed by atoms with Crippen LogP contribution in [-0.4, -0.2) is 15.7 Å². The summed E-state index contributed by atoms with van der Waals surface area (Å²) in [5.41, 5.74) is 0. The third-order valence-corrected chi connectivity index (χ3v) is 5.23. The summed E-state index contributed by atoms with van der Waals surface area (Å²) in [6.07, 6.45) is 0. The van der Waals surface area contributed by atoms with Crippen molar-refractivity contribution in [3.8, 4) is 0 Å². The lowest BCUT2D eigenvalue weighted by atomic mass is 10.3. The van der Waals surface area contributed by atoms with Crippen molar-refractivity contribution in [3.05, 3.63) is 50.6 Å². The van der Waals surface area contributed by atoms with Crippen molar-refractivity contribution < 1.29 is 17.8 Å². The molecule has 0 saturated heterocycles. The molecule has 0 aliphatic rings. The smallest absolute Gasteiger partial charge is 0.185 e. The Morgan fingerprint density at radius 1 is 1.21 bits per heavy atom. The summed E-state index contributed by atoms with van der Waals surface area (Å²) in [7, 11) is -1.69. The van der Waals surface area contributed by atoms with Gasteiger partial charge in [0.2, 0.25) is 0 Å². The fourth-order valence-electron chi connectivity index (χ4n) is 1.36. The van der Waals surface area contributed by atoms with Crippen LogP contribution in [0.4, 0.5) is 8.78 Å². The van der Waals surface area contributed by atoms with E-state index in [1.165, 1.54) is 17.4 Å². The number of benzene rings is 1. The highest BCUT2D eigenvalue weighted by Crippen LogP contribution is 2.23. The number of hydrogen-bond donors (Lipinski definition) is 0. The Balaban J connectivity index is 2.12. The molecule has 2 nitrogen and oxygen atoms in total. The van der Waals surface area contributed by atoms with Crippen molar-refractivity contribution in [2.24, 2.45) is 0 Å². The maximum Gasteiger partial charge on any atom is 0.185 e. The van der Waals surface area contributed by atoms with E-state index in [-0.39, 0.29) is 16.4 Å². The molecule has 0 spiro atoms. The Kier molecular flexibility index (Phi) is 4.59. The fourth-order valence-corrected chi connectivity index (χ4v) is 3.79. The lowest BCUT2D eigenvalue weighted by Gasteiger charge is -2.01. The molecule has 1 atom stereocenters. The highest BCUT2D eigenvalue weighted by molar-refractivity contribution is 9.11.